The van der Waals surface area contributed by atoms with Crippen molar-refractivity contribution >= 4 is 0 Å². The third kappa shape index (κ3) is 3.86. The third-order valence-corrected chi connectivity index (χ3v) is 4.21. The Morgan fingerprint density at radius 3 is 2.27 bits per heavy atom. The van der Waals surface area contributed by atoms with Crippen LogP contribution < -0.4 is 10.5 Å². The topological polar surface area (TPSA) is 35.2 Å². The van der Waals surface area contributed by atoms with Crippen LogP contribution in [0.3, 0.4) is 0 Å². The number of halogens is 1. The van der Waals surface area contributed by atoms with Crippen LogP contribution in [0, 0.1) is 26.6 Å². The van der Waals surface area contributed by atoms with Gasteiger partial charge in [-0.1, -0.05) is 24.3 Å². The van der Waals surface area contributed by atoms with Crippen molar-refractivity contribution in [2.45, 2.75) is 33.1 Å². The van der Waals surface area contributed by atoms with Crippen LogP contribution in [0.4, 0.5) is 4.39 Å². The molecule has 0 fully saturated rings. The maximum Gasteiger partial charge on any atom is 0.125 e. The summed E-state index contributed by atoms with van der Waals surface area (Å²) in [5.41, 5.74) is 10.5. The first kappa shape index (κ1) is 16.5. The second kappa shape index (κ2) is 7.41. The average Bonchev–Trinajstić information content (AvgIpc) is 2.52. The van der Waals surface area contributed by atoms with Crippen molar-refractivity contribution in [2.24, 2.45) is 5.73 Å². The van der Waals surface area contributed by atoms with Crippen molar-refractivity contribution in [2.75, 3.05) is 13.2 Å². The molecule has 0 saturated carbocycles. The predicted molar refractivity (Wildman–Crippen MR) is 89.0 cm³/mol. The Kier molecular flexibility index (Phi) is 5.56. The summed E-state index contributed by atoms with van der Waals surface area (Å²) in [6.07, 6.45) is 0.814. The number of ether oxygens (including phenoxy) is 1. The summed E-state index contributed by atoms with van der Waals surface area (Å²) in [6.45, 7) is 7.36. The number of nitrogens with two attached hydrogens (primary N) is 1. The molecule has 0 aliphatic carbocycles. The van der Waals surface area contributed by atoms with Gasteiger partial charge in [0.2, 0.25) is 0 Å². The number of hydrogen-bond acceptors (Lipinski definition) is 2. The lowest BCUT2D eigenvalue weighted by atomic mass is 9.96. The molecule has 0 amide bonds. The summed E-state index contributed by atoms with van der Waals surface area (Å²) in [7, 11) is 0. The molecule has 0 radical (unpaired) electrons. The van der Waals surface area contributed by atoms with E-state index in [2.05, 4.69) is 32.9 Å². The van der Waals surface area contributed by atoms with Crippen molar-refractivity contribution in [3.63, 3.8) is 0 Å². The van der Waals surface area contributed by atoms with E-state index in [4.69, 9.17) is 10.5 Å². The van der Waals surface area contributed by atoms with Gasteiger partial charge in [0.1, 0.15) is 11.6 Å². The summed E-state index contributed by atoms with van der Waals surface area (Å²) >= 11 is 0. The van der Waals surface area contributed by atoms with Crippen LogP contribution in [0.2, 0.25) is 0 Å². The first-order valence-electron chi connectivity index (χ1n) is 7.68. The molecule has 0 bridgehead atoms. The summed E-state index contributed by atoms with van der Waals surface area (Å²) in [5.74, 6) is 0.933. The Balaban J connectivity index is 2.00. The maximum absolute atomic E-state index is 13.0. The highest BCUT2D eigenvalue weighted by Gasteiger charge is 2.12. The van der Waals surface area contributed by atoms with Crippen molar-refractivity contribution in [1.82, 2.24) is 0 Å². The Labute approximate surface area is 132 Å². The standard InChI is InChI=1S/C19H24FNO/c1-13-4-5-14(2)19(15(13)3)22-11-10-17(12-21)16-6-8-18(20)9-7-16/h4-9,17H,10-12,21H2,1-3H3. The van der Waals surface area contributed by atoms with Crippen LogP contribution in [-0.4, -0.2) is 13.2 Å². The number of rotatable bonds is 6. The predicted octanol–water partition coefficient (Wildman–Crippen LogP) is 4.26. The molecule has 0 aromatic heterocycles. The van der Waals surface area contributed by atoms with Gasteiger partial charge in [-0.25, -0.2) is 4.39 Å². The molecule has 0 aliphatic rings. The van der Waals surface area contributed by atoms with Gasteiger partial charge in [0.25, 0.3) is 0 Å². The molecule has 3 heteroatoms. The van der Waals surface area contributed by atoms with Crippen LogP contribution in [0.5, 0.6) is 5.75 Å². The van der Waals surface area contributed by atoms with Crippen LogP contribution in [0.1, 0.15) is 34.6 Å². The minimum Gasteiger partial charge on any atom is -0.493 e. The summed E-state index contributed by atoms with van der Waals surface area (Å²) < 4.78 is 19.0. The third-order valence-electron chi connectivity index (χ3n) is 4.21. The average molecular weight is 301 g/mol. The van der Waals surface area contributed by atoms with Gasteiger partial charge in [-0.3, -0.25) is 0 Å². The van der Waals surface area contributed by atoms with Gasteiger partial charge in [-0.15, -0.1) is 0 Å². The summed E-state index contributed by atoms with van der Waals surface area (Å²) in [5, 5.41) is 0. The zero-order valence-electron chi connectivity index (χ0n) is 13.5. The van der Waals surface area contributed by atoms with E-state index in [0.29, 0.717) is 13.2 Å². The quantitative estimate of drug-likeness (QED) is 0.865. The first-order chi connectivity index (χ1) is 10.5. The molecule has 1 unspecified atom stereocenters. The van der Waals surface area contributed by atoms with Gasteiger partial charge in [0, 0.05) is 0 Å². The van der Waals surface area contributed by atoms with Crippen LogP contribution in [0.15, 0.2) is 36.4 Å². The molecule has 22 heavy (non-hydrogen) atoms. The highest BCUT2D eigenvalue weighted by atomic mass is 19.1. The molecule has 2 nitrogen and oxygen atoms in total. The smallest absolute Gasteiger partial charge is 0.125 e. The molecule has 2 rings (SSSR count). The summed E-state index contributed by atoms with van der Waals surface area (Å²) in [6, 6.07) is 10.8. The zero-order chi connectivity index (χ0) is 16.1. The lowest BCUT2D eigenvalue weighted by molar-refractivity contribution is 0.294. The number of hydrogen-bond donors (Lipinski definition) is 1. The van der Waals surface area contributed by atoms with Crippen molar-refractivity contribution in [3.8, 4) is 5.75 Å². The van der Waals surface area contributed by atoms with Crippen LogP contribution >= 0.6 is 0 Å². The van der Waals surface area contributed by atoms with E-state index in [-0.39, 0.29) is 11.7 Å². The lowest BCUT2D eigenvalue weighted by Crippen LogP contribution is -2.16. The van der Waals surface area contributed by atoms with E-state index in [1.807, 2.05) is 0 Å². The van der Waals surface area contributed by atoms with E-state index in [0.717, 1.165) is 23.3 Å². The SMILES string of the molecule is Cc1ccc(C)c(OCCC(CN)c2ccc(F)cc2)c1C. The molecule has 0 saturated heterocycles. The molecule has 2 aromatic rings. The maximum atomic E-state index is 13.0. The molecule has 0 heterocycles. The largest absolute Gasteiger partial charge is 0.493 e. The fourth-order valence-electron chi connectivity index (χ4n) is 2.61. The van der Waals surface area contributed by atoms with E-state index < -0.39 is 0 Å². The Morgan fingerprint density at radius 2 is 1.64 bits per heavy atom. The van der Waals surface area contributed by atoms with E-state index in [1.165, 1.54) is 23.3 Å². The minimum atomic E-state index is -0.221. The van der Waals surface area contributed by atoms with E-state index >= 15 is 0 Å². The van der Waals surface area contributed by atoms with E-state index in [9.17, 15) is 4.39 Å². The Hall–Kier alpha value is -1.87. The molecular formula is C19H24FNO. The second-order valence-corrected chi connectivity index (χ2v) is 5.77. The van der Waals surface area contributed by atoms with Crippen molar-refractivity contribution in [1.29, 1.82) is 0 Å². The molecule has 2 N–H and O–H groups in total. The lowest BCUT2D eigenvalue weighted by Gasteiger charge is -2.18. The Morgan fingerprint density at radius 1 is 1.00 bits per heavy atom. The normalized spacial score (nSPS) is 12.2. The van der Waals surface area contributed by atoms with Crippen molar-refractivity contribution < 1.29 is 9.13 Å². The number of benzene rings is 2. The van der Waals surface area contributed by atoms with Gasteiger partial charge < -0.3 is 10.5 Å². The number of aryl methyl sites for hydroxylation is 2. The first-order valence-corrected chi connectivity index (χ1v) is 7.68. The monoisotopic (exact) mass is 301 g/mol. The molecular weight excluding hydrogens is 277 g/mol. The fraction of sp³-hybridized carbons (Fsp3) is 0.368. The fourth-order valence-corrected chi connectivity index (χ4v) is 2.61. The highest BCUT2D eigenvalue weighted by molar-refractivity contribution is 5.44. The van der Waals surface area contributed by atoms with Gasteiger partial charge in [-0.05, 0) is 74.0 Å². The minimum absolute atomic E-state index is 0.186. The highest BCUT2D eigenvalue weighted by Crippen LogP contribution is 2.27. The van der Waals surface area contributed by atoms with Gasteiger partial charge in [0.15, 0.2) is 0 Å². The Bertz CT molecular complexity index is 622. The van der Waals surface area contributed by atoms with Gasteiger partial charge in [-0.2, -0.15) is 0 Å². The summed E-state index contributed by atoms with van der Waals surface area (Å²) in [4.78, 5) is 0. The van der Waals surface area contributed by atoms with Gasteiger partial charge >= 0.3 is 0 Å². The molecule has 2 aromatic carbocycles. The van der Waals surface area contributed by atoms with Crippen LogP contribution in [-0.2, 0) is 0 Å². The van der Waals surface area contributed by atoms with Gasteiger partial charge in [0.05, 0.1) is 6.61 Å². The van der Waals surface area contributed by atoms with Crippen LogP contribution in [0.25, 0.3) is 0 Å². The zero-order valence-corrected chi connectivity index (χ0v) is 13.5. The second-order valence-electron chi connectivity index (χ2n) is 5.77. The van der Waals surface area contributed by atoms with E-state index in [1.54, 1.807) is 12.1 Å². The van der Waals surface area contributed by atoms with Crippen molar-refractivity contribution in [3.05, 3.63) is 64.5 Å². The molecule has 1 atom stereocenters. The molecule has 0 spiro atoms. The molecule has 0 aliphatic heterocycles. The molecule has 118 valence electrons.